The molecule has 0 atom stereocenters. The molecule has 0 bridgehead atoms. The molecule has 0 amide bonds. The van der Waals surface area contributed by atoms with Gasteiger partial charge in [0.2, 0.25) is 11.7 Å². The molecule has 2 aromatic carbocycles. The van der Waals surface area contributed by atoms with Gasteiger partial charge < -0.3 is 4.52 Å². The van der Waals surface area contributed by atoms with Gasteiger partial charge in [0.15, 0.2) is 0 Å². The average Bonchev–Trinajstić information content (AvgIpc) is 3.15. The van der Waals surface area contributed by atoms with E-state index in [0.29, 0.717) is 23.0 Å². The second-order valence-corrected chi connectivity index (χ2v) is 6.27. The van der Waals surface area contributed by atoms with E-state index in [-0.39, 0.29) is 5.69 Å². The van der Waals surface area contributed by atoms with E-state index in [1.807, 2.05) is 24.3 Å². The van der Waals surface area contributed by atoms with Crippen LogP contribution in [0.3, 0.4) is 0 Å². The molecule has 0 radical (unpaired) electrons. The number of rotatable bonds is 5. The van der Waals surface area contributed by atoms with E-state index in [2.05, 4.69) is 20.1 Å². The minimum atomic E-state index is -0.458. The number of para-hydroxylation sites is 1. The van der Waals surface area contributed by atoms with E-state index >= 15 is 0 Å². The molecule has 0 aliphatic heterocycles. The van der Waals surface area contributed by atoms with Crippen LogP contribution in [0.5, 0.6) is 0 Å². The fourth-order valence-corrected chi connectivity index (χ4v) is 3.24. The Morgan fingerprint density at radius 2 is 2.00 bits per heavy atom. The van der Waals surface area contributed by atoms with Crippen molar-refractivity contribution in [1.82, 2.24) is 20.1 Å². The Bertz CT molecular complexity index is 1090. The lowest BCUT2D eigenvalue weighted by molar-refractivity contribution is -0.384. The molecule has 0 saturated carbocycles. The zero-order valence-corrected chi connectivity index (χ0v) is 14.1. The van der Waals surface area contributed by atoms with E-state index in [1.54, 1.807) is 12.1 Å². The van der Waals surface area contributed by atoms with Crippen LogP contribution in [0.15, 0.2) is 64.4 Å². The highest BCUT2D eigenvalue weighted by atomic mass is 32.2. The molecule has 8 nitrogen and oxygen atoms in total. The number of hydrogen-bond donors (Lipinski definition) is 0. The smallest absolute Gasteiger partial charge is 0.270 e. The van der Waals surface area contributed by atoms with Gasteiger partial charge in [-0.05, 0) is 6.07 Å². The largest absolute Gasteiger partial charge is 0.338 e. The summed E-state index contributed by atoms with van der Waals surface area (Å²) < 4.78 is 5.26. The Labute approximate surface area is 151 Å². The van der Waals surface area contributed by atoms with Gasteiger partial charge in [0.05, 0.1) is 16.2 Å². The lowest BCUT2D eigenvalue weighted by Gasteiger charge is -2.02. The highest BCUT2D eigenvalue weighted by molar-refractivity contribution is 7.98. The number of non-ortho nitro benzene ring substituents is 1. The van der Waals surface area contributed by atoms with E-state index in [9.17, 15) is 10.1 Å². The molecule has 0 aliphatic carbocycles. The van der Waals surface area contributed by atoms with Crippen LogP contribution in [0, 0.1) is 10.1 Å². The Balaban J connectivity index is 1.54. The van der Waals surface area contributed by atoms with Crippen molar-refractivity contribution < 1.29 is 9.45 Å². The van der Waals surface area contributed by atoms with Crippen LogP contribution >= 0.6 is 11.8 Å². The zero-order chi connectivity index (χ0) is 17.9. The van der Waals surface area contributed by atoms with Gasteiger partial charge in [0, 0.05) is 23.1 Å². The minimum absolute atomic E-state index is 0.0179. The molecule has 26 heavy (non-hydrogen) atoms. The summed E-state index contributed by atoms with van der Waals surface area (Å²) in [5, 5.41) is 16.6. The van der Waals surface area contributed by atoms with Gasteiger partial charge in [-0.1, -0.05) is 47.3 Å². The third-order valence-corrected chi connectivity index (χ3v) is 4.61. The lowest BCUT2D eigenvalue weighted by atomic mass is 10.2. The molecule has 0 saturated heterocycles. The molecule has 0 N–H and O–H groups in total. The number of aromatic nitrogens is 4. The van der Waals surface area contributed by atoms with Crippen molar-refractivity contribution in [3.8, 4) is 11.4 Å². The summed E-state index contributed by atoms with van der Waals surface area (Å²) in [5.74, 6) is 1.17. The SMILES string of the molecule is O=[N+]([O-])c1cccc(-c2noc(CSc3ncnc4ccccc34)n2)c1. The summed E-state index contributed by atoms with van der Waals surface area (Å²) in [6, 6.07) is 13.9. The van der Waals surface area contributed by atoms with E-state index in [1.165, 1.54) is 30.2 Å². The summed E-state index contributed by atoms with van der Waals surface area (Å²) in [4.78, 5) is 23.3. The van der Waals surface area contributed by atoms with E-state index < -0.39 is 4.92 Å². The monoisotopic (exact) mass is 365 g/mol. The van der Waals surface area contributed by atoms with Crippen LogP contribution in [0.25, 0.3) is 22.3 Å². The molecule has 2 aromatic heterocycles. The molecule has 4 aromatic rings. The van der Waals surface area contributed by atoms with Crippen molar-refractivity contribution in [3.63, 3.8) is 0 Å². The molecule has 0 aliphatic rings. The first-order valence-electron chi connectivity index (χ1n) is 7.60. The fourth-order valence-electron chi connectivity index (χ4n) is 2.41. The van der Waals surface area contributed by atoms with E-state index in [0.717, 1.165) is 15.9 Å². The van der Waals surface area contributed by atoms with Crippen LogP contribution in [0.4, 0.5) is 5.69 Å². The average molecular weight is 365 g/mol. The second-order valence-electron chi connectivity index (χ2n) is 5.30. The van der Waals surface area contributed by atoms with Gasteiger partial charge in [0.25, 0.3) is 5.69 Å². The van der Waals surface area contributed by atoms with Crippen LogP contribution in [-0.4, -0.2) is 25.0 Å². The highest BCUT2D eigenvalue weighted by Gasteiger charge is 2.13. The van der Waals surface area contributed by atoms with Crippen LogP contribution < -0.4 is 0 Å². The molecule has 4 rings (SSSR count). The summed E-state index contributed by atoms with van der Waals surface area (Å²) >= 11 is 1.46. The Kier molecular flexibility index (Phi) is 4.28. The number of hydrogen-bond acceptors (Lipinski definition) is 8. The summed E-state index contributed by atoms with van der Waals surface area (Å²) in [6.07, 6.45) is 1.52. The van der Waals surface area contributed by atoms with E-state index in [4.69, 9.17) is 4.52 Å². The highest BCUT2D eigenvalue weighted by Crippen LogP contribution is 2.28. The normalized spacial score (nSPS) is 10.9. The standard InChI is InChI=1S/C17H11N5O3S/c23-22(24)12-5-3-4-11(8-12)16-20-15(25-21-16)9-26-17-13-6-1-2-7-14(13)18-10-19-17/h1-8,10H,9H2. The Morgan fingerprint density at radius 3 is 2.88 bits per heavy atom. The number of fused-ring (bicyclic) bond motifs is 1. The molecule has 2 heterocycles. The maximum Gasteiger partial charge on any atom is 0.270 e. The van der Waals surface area contributed by atoms with Crippen molar-refractivity contribution in [3.05, 3.63) is 70.9 Å². The van der Waals surface area contributed by atoms with Crippen molar-refractivity contribution in [2.45, 2.75) is 10.8 Å². The van der Waals surface area contributed by atoms with Crippen molar-refractivity contribution >= 4 is 28.4 Å². The minimum Gasteiger partial charge on any atom is -0.338 e. The predicted octanol–water partition coefficient (Wildman–Crippen LogP) is 3.88. The van der Waals surface area contributed by atoms with Gasteiger partial charge in [-0.25, -0.2) is 9.97 Å². The number of nitro groups is 1. The molecule has 0 fully saturated rings. The summed E-state index contributed by atoms with van der Waals surface area (Å²) in [5.41, 5.74) is 1.38. The molecule has 0 unspecified atom stereocenters. The number of thioether (sulfide) groups is 1. The topological polar surface area (TPSA) is 108 Å². The van der Waals surface area contributed by atoms with Crippen molar-refractivity contribution in [2.24, 2.45) is 0 Å². The fraction of sp³-hybridized carbons (Fsp3) is 0.0588. The van der Waals surface area contributed by atoms with Crippen molar-refractivity contribution in [1.29, 1.82) is 0 Å². The summed E-state index contributed by atoms with van der Waals surface area (Å²) in [7, 11) is 0. The third-order valence-electron chi connectivity index (χ3n) is 3.62. The second kappa shape index (κ2) is 6.89. The van der Waals surface area contributed by atoms with Crippen LogP contribution in [-0.2, 0) is 5.75 Å². The first-order chi connectivity index (χ1) is 12.7. The predicted molar refractivity (Wildman–Crippen MR) is 95.5 cm³/mol. The zero-order valence-electron chi connectivity index (χ0n) is 13.3. The van der Waals surface area contributed by atoms with Crippen molar-refractivity contribution in [2.75, 3.05) is 0 Å². The van der Waals surface area contributed by atoms with Gasteiger partial charge in [-0.2, -0.15) is 4.98 Å². The van der Waals surface area contributed by atoms with Gasteiger partial charge in [0.1, 0.15) is 11.4 Å². The Morgan fingerprint density at radius 1 is 1.12 bits per heavy atom. The van der Waals surface area contributed by atoms with Gasteiger partial charge in [-0.3, -0.25) is 10.1 Å². The maximum atomic E-state index is 10.9. The third kappa shape index (κ3) is 3.24. The van der Waals surface area contributed by atoms with Crippen LogP contribution in [0.2, 0.25) is 0 Å². The number of nitro benzene ring substituents is 1. The quantitative estimate of drug-likeness (QED) is 0.227. The number of benzene rings is 2. The van der Waals surface area contributed by atoms with Gasteiger partial charge >= 0.3 is 0 Å². The first kappa shape index (κ1) is 16.2. The molecule has 128 valence electrons. The van der Waals surface area contributed by atoms with Gasteiger partial charge in [-0.15, -0.1) is 0 Å². The number of nitrogens with zero attached hydrogens (tertiary/aromatic N) is 5. The lowest BCUT2D eigenvalue weighted by Crippen LogP contribution is -1.89. The Hall–Kier alpha value is -3.33. The first-order valence-corrected chi connectivity index (χ1v) is 8.59. The molecule has 0 spiro atoms. The van der Waals surface area contributed by atoms with Crippen LogP contribution in [0.1, 0.15) is 5.89 Å². The molecule has 9 heteroatoms. The maximum absolute atomic E-state index is 10.9. The summed E-state index contributed by atoms with van der Waals surface area (Å²) in [6.45, 7) is 0. The molecular formula is C17H11N5O3S. The molecular weight excluding hydrogens is 354 g/mol.